The summed E-state index contributed by atoms with van der Waals surface area (Å²) < 4.78 is 16.1. The van der Waals surface area contributed by atoms with Crippen LogP contribution in [0.2, 0.25) is 0 Å². The molecule has 1 N–H and O–H groups in total. The fraction of sp³-hybridized carbons (Fsp3) is 0.222. The summed E-state index contributed by atoms with van der Waals surface area (Å²) in [6.45, 7) is 1.43. The predicted octanol–water partition coefficient (Wildman–Crippen LogP) is 3.29. The Balaban J connectivity index is 1.97. The van der Waals surface area contributed by atoms with Crippen molar-refractivity contribution in [2.75, 3.05) is 20.8 Å². The van der Waals surface area contributed by atoms with Gasteiger partial charge in [0.1, 0.15) is 5.75 Å². The van der Waals surface area contributed by atoms with Gasteiger partial charge in [-0.2, -0.15) is 5.10 Å². The summed E-state index contributed by atoms with van der Waals surface area (Å²) in [5, 5.41) is 14.8. The minimum atomic E-state index is -0.521. The number of nitro groups is 1. The van der Waals surface area contributed by atoms with Gasteiger partial charge in [0.05, 0.1) is 29.3 Å². The van der Waals surface area contributed by atoms with Gasteiger partial charge in [-0.15, -0.1) is 0 Å². The molecule has 0 radical (unpaired) electrons. The molecule has 0 aromatic heterocycles. The van der Waals surface area contributed by atoms with Gasteiger partial charge in [0.25, 0.3) is 11.6 Å². The number of nitrogens with one attached hydrogen (secondary N) is 1. The molecule has 9 nitrogen and oxygen atoms in total. The molecule has 0 unspecified atom stereocenters. The van der Waals surface area contributed by atoms with E-state index in [2.05, 4.69) is 26.5 Å². The van der Waals surface area contributed by atoms with E-state index in [1.54, 1.807) is 32.2 Å². The Morgan fingerprint density at radius 3 is 2.43 bits per heavy atom. The van der Waals surface area contributed by atoms with Crippen LogP contribution in [0, 0.1) is 10.1 Å². The Morgan fingerprint density at radius 2 is 1.82 bits per heavy atom. The van der Waals surface area contributed by atoms with Gasteiger partial charge in [0.2, 0.25) is 0 Å². The first-order valence-electron chi connectivity index (χ1n) is 7.98. The summed E-state index contributed by atoms with van der Waals surface area (Å²) >= 11 is 3.17. The Hall–Kier alpha value is -3.14. The van der Waals surface area contributed by atoms with Gasteiger partial charge in [-0.05, 0) is 47.1 Å². The molecule has 0 aliphatic carbocycles. The summed E-state index contributed by atoms with van der Waals surface area (Å²) in [4.78, 5) is 22.2. The summed E-state index contributed by atoms with van der Waals surface area (Å²) in [5.41, 5.74) is 3.62. The van der Waals surface area contributed by atoms with E-state index >= 15 is 0 Å². The average molecular weight is 452 g/mol. The van der Waals surface area contributed by atoms with Crippen LogP contribution in [0.15, 0.2) is 46.0 Å². The molecular formula is C18H18BrN3O6. The topological polar surface area (TPSA) is 112 Å². The molecule has 0 saturated heterocycles. The Morgan fingerprint density at radius 1 is 1.14 bits per heavy atom. The largest absolute Gasteiger partial charge is 0.493 e. The molecule has 0 spiro atoms. The van der Waals surface area contributed by atoms with Crippen molar-refractivity contribution in [3.63, 3.8) is 0 Å². The van der Waals surface area contributed by atoms with Crippen LogP contribution < -0.4 is 19.6 Å². The van der Waals surface area contributed by atoms with Crippen LogP contribution in [0.25, 0.3) is 0 Å². The predicted molar refractivity (Wildman–Crippen MR) is 106 cm³/mol. The van der Waals surface area contributed by atoms with Gasteiger partial charge in [-0.1, -0.05) is 0 Å². The minimum Gasteiger partial charge on any atom is -0.493 e. The maximum absolute atomic E-state index is 12.0. The maximum Gasteiger partial charge on any atom is 0.277 e. The summed E-state index contributed by atoms with van der Waals surface area (Å²) in [6, 6.07) is 9.27. The zero-order valence-corrected chi connectivity index (χ0v) is 17.0. The van der Waals surface area contributed by atoms with Crippen LogP contribution in [0.3, 0.4) is 0 Å². The fourth-order valence-corrected chi connectivity index (χ4v) is 2.65. The van der Waals surface area contributed by atoms with E-state index in [1.807, 2.05) is 0 Å². The van der Waals surface area contributed by atoms with Crippen molar-refractivity contribution in [1.82, 2.24) is 5.43 Å². The van der Waals surface area contributed by atoms with Crippen LogP contribution in [0.4, 0.5) is 5.69 Å². The molecule has 2 aromatic rings. The molecule has 2 rings (SSSR count). The number of hydrogen-bond donors (Lipinski definition) is 1. The molecule has 148 valence electrons. The number of benzene rings is 2. The number of non-ortho nitro benzene ring substituents is 1. The number of nitro benzene ring substituents is 1. The second-order valence-corrected chi connectivity index (χ2v) is 6.32. The number of nitrogens with zero attached hydrogens (tertiary/aromatic N) is 2. The lowest BCUT2D eigenvalue weighted by Crippen LogP contribution is -2.25. The third-order valence-electron chi connectivity index (χ3n) is 3.63. The third kappa shape index (κ3) is 5.43. The van der Waals surface area contributed by atoms with E-state index in [9.17, 15) is 14.9 Å². The zero-order valence-electron chi connectivity index (χ0n) is 15.4. The molecule has 0 saturated carbocycles. The SMILES string of the molecule is COc1ccc(/C(C)=N/NC(=O)COc2ccc([N+](=O)[O-])cc2Br)cc1OC. The highest BCUT2D eigenvalue weighted by Crippen LogP contribution is 2.29. The lowest BCUT2D eigenvalue weighted by Gasteiger charge is -2.10. The van der Waals surface area contributed by atoms with Crippen LogP contribution in [-0.2, 0) is 4.79 Å². The van der Waals surface area contributed by atoms with Crippen LogP contribution in [0.1, 0.15) is 12.5 Å². The van der Waals surface area contributed by atoms with Gasteiger partial charge in [-0.25, -0.2) is 5.43 Å². The second-order valence-electron chi connectivity index (χ2n) is 5.46. The van der Waals surface area contributed by atoms with Gasteiger partial charge >= 0.3 is 0 Å². The molecule has 0 aliphatic rings. The van der Waals surface area contributed by atoms with Crippen molar-refractivity contribution >= 4 is 33.2 Å². The molecule has 0 fully saturated rings. The molecule has 1 amide bonds. The number of methoxy groups -OCH3 is 2. The van der Waals surface area contributed by atoms with Crippen LogP contribution >= 0.6 is 15.9 Å². The van der Waals surface area contributed by atoms with E-state index in [0.29, 0.717) is 27.4 Å². The summed E-state index contributed by atoms with van der Waals surface area (Å²) in [6.07, 6.45) is 0. The number of carbonyl (C=O) groups is 1. The van der Waals surface area contributed by atoms with Crippen LogP contribution in [-0.4, -0.2) is 37.4 Å². The molecule has 2 aromatic carbocycles. The van der Waals surface area contributed by atoms with Crippen molar-refractivity contribution < 1.29 is 23.9 Å². The van der Waals surface area contributed by atoms with E-state index in [-0.39, 0.29) is 12.3 Å². The van der Waals surface area contributed by atoms with Crippen molar-refractivity contribution in [3.05, 3.63) is 56.5 Å². The fourth-order valence-electron chi connectivity index (χ4n) is 2.17. The van der Waals surface area contributed by atoms with Gasteiger partial charge in [0, 0.05) is 17.7 Å². The third-order valence-corrected chi connectivity index (χ3v) is 4.25. The molecule has 10 heteroatoms. The number of carbonyl (C=O) groups excluding carboxylic acids is 1. The summed E-state index contributed by atoms with van der Waals surface area (Å²) in [7, 11) is 3.07. The van der Waals surface area contributed by atoms with E-state index < -0.39 is 10.8 Å². The van der Waals surface area contributed by atoms with Crippen molar-refractivity contribution in [2.45, 2.75) is 6.92 Å². The van der Waals surface area contributed by atoms with Crippen molar-refractivity contribution in [3.8, 4) is 17.2 Å². The Labute approximate surface area is 169 Å². The first kappa shape index (κ1) is 21.2. The van der Waals surface area contributed by atoms with Gasteiger partial charge in [-0.3, -0.25) is 14.9 Å². The quantitative estimate of drug-likeness (QED) is 0.374. The molecule has 0 aliphatic heterocycles. The standard InChI is InChI=1S/C18H18BrN3O6/c1-11(12-4-6-16(26-2)17(8-12)27-3)20-21-18(23)10-28-15-7-5-13(22(24)25)9-14(15)19/h4-9H,10H2,1-3H3,(H,21,23)/b20-11+. The highest BCUT2D eigenvalue weighted by molar-refractivity contribution is 9.10. The number of hydrazone groups is 1. The highest BCUT2D eigenvalue weighted by Gasteiger charge is 2.11. The first-order valence-corrected chi connectivity index (χ1v) is 8.77. The van der Waals surface area contributed by atoms with Crippen LogP contribution in [0.5, 0.6) is 17.2 Å². The molecule has 28 heavy (non-hydrogen) atoms. The second kappa shape index (κ2) is 9.70. The van der Waals surface area contributed by atoms with E-state index in [4.69, 9.17) is 14.2 Å². The van der Waals surface area contributed by atoms with Crippen molar-refractivity contribution in [1.29, 1.82) is 0 Å². The molecule has 0 heterocycles. The smallest absolute Gasteiger partial charge is 0.277 e. The molecule has 0 atom stereocenters. The monoisotopic (exact) mass is 451 g/mol. The van der Waals surface area contributed by atoms with E-state index in [1.165, 1.54) is 25.3 Å². The van der Waals surface area contributed by atoms with Gasteiger partial charge < -0.3 is 14.2 Å². The normalized spacial score (nSPS) is 10.9. The minimum absolute atomic E-state index is 0.0844. The number of hydrogen-bond acceptors (Lipinski definition) is 7. The maximum atomic E-state index is 12.0. The highest BCUT2D eigenvalue weighted by atomic mass is 79.9. The molecular weight excluding hydrogens is 434 g/mol. The average Bonchev–Trinajstić information content (AvgIpc) is 2.70. The number of halogens is 1. The Kier molecular flexibility index (Phi) is 7.33. The Bertz CT molecular complexity index is 916. The number of ether oxygens (including phenoxy) is 3. The lowest BCUT2D eigenvalue weighted by atomic mass is 10.1. The zero-order chi connectivity index (χ0) is 20.7. The first-order chi connectivity index (χ1) is 13.3. The van der Waals surface area contributed by atoms with Crippen molar-refractivity contribution in [2.24, 2.45) is 5.10 Å². The van der Waals surface area contributed by atoms with E-state index in [0.717, 1.165) is 5.56 Å². The number of amides is 1. The summed E-state index contributed by atoms with van der Waals surface area (Å²) in [5.74, 6) is 0.962. The number of rotatable bonds is 8. The lowest BCUT2D eigenvalue weighted by molar-refractivity contribution is -0.384. The van der Waals surface area contributed by atoms with Gasteiger partial charge in [0.15, 0.2) is 18.1 Å². The molecule has 0 bridgehead atoms.